The Bertz CT molecular complexity index is 2970. The van der Waals surface area contributed by atoms with E-state index in [0.29, 0.717) is 23.0 Å². The largest absolute Gasteiger partial charge is 0.309 e. The molecule has 10 aromatic rings. The predicted molar refractivity (Wildman–Crippen MR) is 210 cm³/mol. The Morgan fingerprint density at radius 1 is 0.404 bits per heavy atom. The Hall–Kier alpha value is -7.36. The first-order valence-corrected chi connectivity index (χ1v) is 17.2. The van der Waals surface area contributed by atoms with Crippen LogP contribution in [0.4, 0.5) is 0 Å². The van der Waals surface area contributed by atoms with Crippen LogP contribution in [0.1, 0.15) is 5.56 Å². The second-order valence-corrected chi connectivity index (χ2v) is 12.8. The lowest BCUT2D eigenvalue weighted by molar-refractivity contribution is 1.07. The fraction of sp³-hybridized carbons (Fsp3) is 0. The summed E-state index contributed by atoms with van der Waals surface area (Å²) in [5.74, 6) is 1.86. The minimum absolute atomic E-state index is 0.606. The van der Waals surface area contributed by atoms with E-state index in [0.717, 1.165) is 60.9 Å². The van der Waals surface area contributed by atoms with Crippen LogP contribution in [0.3, 0.4) is 0 Å². The first-order valence-electron chi connectivity index (χ1n) is 17.2. The summed E-state index contributed by atoms with van der Waals surface area (Å²) in [6.45, 7) is 0. The van der Waals surface area contributed by atoms with Gasteiger partial charge in [-0.15, -0.1) is 0 Å². The highest BCUT2D eigenvalue weighted by molar-refractivity contribution is 6.26. The molecule has 0 radical (unpaired) electrons. The van der Waals surface area contributed by atoms with Gasteiger partial charge in [-0.3, -0.25) is 0 Å². The Kier molecular flexibility index (Phi) is 6.76. The lowest BCUT2D eigenvalue weighted by Crippen LogP contribution is -2.01. The molecule has 0 amide bonds. The van der Waals surface area contributed by atoms with Crippen molar-refractivity contribution in [3.05, 3.63) is 175 Å². The smallest absolute Gasteiger partial charge is 0.164 e. The zero-order chi connectivity index (χ0) is 34.6. The molecule has 0 aliphatic heterocycles. The molecule has 10 rings (SSSR count). The zero-order valence-electron chi connectivity index (χ0n) is 27.8. The van der Waals surface area contributed by atoms with Crippen LogP contribution >= 0.6 is 0 Å². The molecule has 7 aromatic carbocycles. The predicted octanol–water partition coefficient (Wildman–Crippen LogP) is 10.9. The maximum absolute atomic E-state index is 9.75. The summed E-state index contributed by atoms with van der Waals surface area (Å²) in [4.78, 5) is 15.0. The molecular weight excluding hydrogens is 637 g/mol. The molecule has 0 fully saturated rings. The molecule has 242 valence electrons. The van der Waals surface area contributed by atoms with Gasteiger partial charge in [0.2, 0.25) is 0 Å². The van der Waals surface area contributed by atoms with Crippen LogP contribution in [-0.2, 0) is 0 Å². The van der Waals surface area contributed by atoms with Gasteiger partial charge >= 0.3 is 0 Å². The van der Waals surface area contributed by atoms with Gasteiger partial charge in [-0.1, -0.05) is 121 Å². The highest BCUT2D eigenvalue weighted by atomic mass is 15.0. The number of rotatable bonds is 5. The molecule has 6 nitrogen and oxygen atoms in total. The summed E-state index contributed by atoms with van der Waals surface area (Å²) in [7, 11) is 0. The molecule has 0 saturated carbocycles. The Labute approximate surface area is 299 Å². The summed E-state index contributed by atoms with van der Waals surface area (Å²) < 4.78 is 4.64. The molecule has 0 bridgehead atoms. The van der Waals surface area contributed by atoms with Gasteiger partial charge in [-0.25, -0.2) is 15.0 Å². The van der Waals surface area contributed by atoms with E-state index >= 15 is 0 Å². The van der Waals surface area contributed by atoms with Crippen molar-refractivity contribution in [1.29, 1.82) is 5.26 Å². The molecule has 6 heteroatoms. The average molecular weight is 665 g/mol. The van der Waals surface area contributed by atoms with E-state index in [1.807, 2.05) is 78.9 Å². The normalized spacial score (nSPS) is 11.4. The first kappa shape index (κ1) is 29.5. The molecule has 0 atom stereocenters. The van der Waals surface area contributed by atoms with Crippen LogP contribution in [0.25, 0.3) is 89.2 Å². The van der Waals surface area contributed by atoms with E-state index in [9.17, 15) is 5.26 Å². The number of nitrogens with zero attached hydrogens (tertiary/aromatic N) is 6. The second kappa shape index (κ2) is 11.9. The minimum Gasteiger partial charge on any atom is -0.309 e. The molecule has 52 heavy (non-hydrogen) atoms. The van der Waals surface area contributed by atoms with E-state index in [-0.39, 0.29) is 0 Å². The standard InChI is InChI=1S/C46H28N6/c47-29-30-13-11-19-34(27-30)51-40-24-10-8-22-38(40)42-41(51)26-25-37-36-21-7-9-23-39(36)52(43(37)42)35-20-12-18-33(28-35)46-49-44(31-14-3-1-4-15-31)48-45(50-46)32-16-5-2-6-17-32/h1-28H. The van der Waals surface area contributed by atoms with Gasteiger partial charge in [0.1, 0.15) is 0 Å². The molecular formula is C46H28N6. The fourth-order valence-corrected chi connectivity index (χ4v) is 7.49. The van der Waals surface area contributed by atoms with Gasteiger partial charge in [0.05, 0.1) is 33.7 Å². The van der Waals surface area contributed by atoms with E-state index < -0.39 is 0 Å². The topological polar surface area (TPSA) is 72.3 Å². The summed E-state index contributed by atoms with van der Waals surface area (Å²) in [6.07, 6.45) is 0. The third kappa shape index (κ3) is 4.68. The molecule has 0 unspecified atom stereocenters. The number of fused-ring (bicyclic) bond motifs is 7. The zero-order valence-corrected chi connectivity index (χ0v) is 27.8. The monoisotopic (exact) mass is 664 g/mol. The lowest BCUT2D eigenvalue weighted by Gasteiger charge is -2.12. The number of hydrogen-bond donors (Lipinski definition) is 0. The van der Waals surface area contributed by atoms with Crippen molar-refractivity contribution in [3.63, 3.8) is 0 Å². The molecule has 0 N–H and O–H groups in total. The van der Waals surface area contributed by atoms with Gasteiger partial charge < -0.3 is 9.13 Å². The van der Waals surface area contributed by atoms with Crippen molar-refractivity contribution in [2.45, 2.75) is 0 Å². The quantitative estimate of drug-likeness (QED) is 0.184. The number of nitriles is 1. The molecule has 0 aliphatic carbocycles. The minimum atomic E-state index is 0.606. The van der Waals surface area contributed by atoms with Crippen molar-refractivity contribution in [3.8, 4) is 51.6 Å². The highest BCUT2D eigenvalue weighted by Crippen LogP contribution is 2.42. The van der Waals surface area contributed by atoms with Crippen molar-refractivity contribution >= 4 is 43.6 Å². The third-order valence-electron chi connectivity index (χ3n) is 9.77. The summed E-state index contributed by atoms with van der Waals surface area (Å²) >= 11 is 0. The van der Waals surface area contributed by atoms with Crippen LogP contribution in [0.2, 0.25) is 0 Å². The van der Waals surface area contributed by atoms with Crippen molar-refractivity contribution in [2.24, 2.45) is 0 Å². The molecule has 3 aromatic heterocycles. The van der Waals surface area contributed by atoms with Crippen molar-refractivity contribution in [1.82, 2.24) is 24.1 Å². The number of aromatic nitrogens is 5. The maximum Gasteiger partial charge on any atom is 0.164 e. The average Bonchev–Trinajstić information content (AvgIpc) is 3.74. The third-order valence-corrected chi connectivity index (χ3v) is 9.77. The lowest BCUT2D eigenvalue weighted by atomic mass is 10.1. The van der Waals surface area contributed by atoms with Crippen LogP contribution < -0.4 is 0 Å². The number of hydrogen-bond acceptors (Lipinski definition) is 4. The van der Waals surface area contributed by atoms with Gasteiger partial charge in [0.15, 0.2) is 17.5 Å². The highest BCUT2D eigenvalue weighted by Gasteiger charge is 2.21. The molecule has 0 spiro atoms. The molecule has 0 aliphatic rings. The first-order chi connectivity index (χ1) is 25.7. The van der Waals surface area contributed by atoms with Crippen molar-refractivity contribution in [2.75, 3.05) is 0 Å². The SMILES string of the molecule is N#Cc1cccc(-n2c3ccccc3c3c2ccc2c4ccccc4n(-c4cccc(-c5nc(-c6ccccc6)nc(-c6ccccc6)n5)c4)c23)c1. The molecule has 0 saturated heterocycles. The Balaban J connectivity index is 1.25. The second-order valence-electron chi connectivity index (χ2n) is 12.8. The van der Waals surface area contributed by atoms with E-state index in [2.05, 4.69) is 106 Å². The van der Waals surface area contributed by atoms with Gasteiger partial charge in [-0.05, 0) is 48.5 Å². The summed E-state index contributed by atoms with van der Waals surface area (Å²) in [6, 6.07) is 60.3. The van der Waals surface area contributed by atoms with Gasteiger partial charge in [0.25, 0.3) is 0 Å². The van der Waals surface area contributed by atoms with Crippen LogP contribution in [0.5, 0.6) is 0 Å². The number of para-hydroxylation sites is 2. The summed E-state index contributed by atoms with van der Waals surface area (Å²) in [5, 5.41) is 14.4. The van der Waals surface area contributed by atoms with E-state index in [1.54, 1.807) is 0 Å². The van der Waals surface area contributed by atoms with Gasteiger partial charge in [-0.2, -0.15) is 5.26 Å². The molecule has 3 heterocycles. The van der Waals surface area contributed by atoms with Crippen LogP contribution in [-0.4, -0.2) is 24.1 Å². The van der Waals surface area contributed by atoms with Crippen molar-refractivity contribution < 1.29 is 0 Å². The van der Waals surface area contributed by atoms with Gasteiger partial charge in [0, 0.05) is 49.6 Å². The van der Waals surface area contributed by atoms with E-state index in [1.165, 1.54) is 10.8 Å². The Morgan fingerprint density at radius 3 is 1.62 bits per heavy atom. The fourth-order valence-electron chi connectivity index (χ4n) is 7.49. The van der Waals surface area contributed by atoms with Crippen LogP contribution in [0.15, 0.2) is 170 Å². The Morgan fingerprint density at radius 2 is 0.942 bits per heavy atom. The number of benzene rings is 7. The van der Waals surface area contributed by atoms with E-state index in [4.69, 9.17) is 15.0 Å². The summed E-state index contributed by atoms with van der Waals surface area (Å²) in [5.41, 5.74) is 9.71. The maximum atomic E-state index is 9.75. The van der Waals surface area contributed by atoms with Crippen LogP contribution in [0, 0.1) is 11.3 Å².